The van der Waals surface area contributed by atoms with Crippen molar-refractivity contribution in [3.05, 3.63) is 5.82 Å². The number of thioether (sulfide) groups is 1. The Morgan fingerprint density at radius 2 is 2.27 bits per heavy atom. The van der Waals surface area contributed by atoms with E-state index in [0.717, 1.165) is 37.0 Å². The largest absolute Gasteiger partial charge is 0.376 e. The van der Waals surface area contributed by atoms with Gasteiger partial charge in [0.1, 0.15) is 5.82 Å². The molecule has 1 saturated heterocycles. The fraction of sp³-hybridized carbons (Fsp3) is 0.800. The van der Waals surface area contributed by atoms with Gasteiger partial charge in [-0.2, -0.15) is 0 Å². The van der Waals surface area contributed by atoms with E-state index in [2.05, 4.69) is 27.0 Å². The Bertz CT molecular complexity index is 524. The third-order valence-corrected chi connectivity index (χ3v) is 5.26. The maximum Gasteiger partial charge on any atom is 0.233 e. The molecule has 2 aliphatic rings. The minimum Gasteiger partial charge on any atom is -0.376 e. The second-order valence-corrected chi connectivity index (χ2v) is 7.31. The van der Waals surface area contributed by atoms with Crippen LogP contribution < -0.4 is 5.32 Å². The molecule has 1 amide bonds. The van der Waals surface area contributed by atoms with Crippen LogP contribution >= 0.6 is 11.8 Å². The molecule has 1 aromatic rings. The molecule has 122 valence electrons. The summed E-state index contributed by atoms with van der Waals surface area (Å²) in [6, 6.07) is 0. The molecule has 3 rings (SSSR count). The Balaban J connectivity index is 1.54. The molecule has 0 aromatic carbocycles. The summed E-state index contributed by atoms with van der Waals surface area (Å²) in [5.41, 5.74) is 0. The summed E-state index contributed by atoms with van der Waals surface area (Å²) < 4.78 is 7.67. The quantitative estimate of drug-likeness (QED) is 0.776. The van der Waals surface area contributed by atoms with Gasteiger partial charge in [0.15, 0.2) is 5.16 Å². The summed E-state index contributed by atoms with van der Waals surface area (Å²) >= 11 is 1.49. The monoisotopic (exact) mass is 324 g/mol. The van der Waals surface area contributed by atoms with E-state index in [9.17, 15) is 4.79 Å². The Morgan fingerprint density at radius 1 is 1.45 bits per heavy atom. The molecule has 0 unspecified atom stereocenters. The van der Waals surface area contributed by atoms with Gasteiger partial charge in [0.2, 0.25) is 5.91 Å². The highest BCUT2D eigenvalue weighted by molar-refractivity contribution is 8.00. The van der Waals surface area contributed by atoms with E-state index >= 15 is 0 Å². The summed E-state index contributed by atoms with van der Waals surface area (Å²) in [7, 11) is 0. The molecule has 1 N–H and O–H groups in total. The Morgan fingerprint density at radius 3 is 2.91 bits per heavy atom. The van der Waals surface area contributed by atoms with Crippen molar-refractivity contribution in [3.8, 4) is 0 Å². The molecule has 7 heteroatoms. The highest BCUT2D eigenvalue weighted by Gasteiger charge is 2.30. The number of aromatic nitrogens is 3. The van der Waals surface area contributed by atoms with Crippen molar-refractivity contribution in [2.75, 3.05) is 13.2 Å². The molecule has 6 nitrogen and oxygen atoms in total. The van der Waals surface area contributed by atoms with Crippen LogP contribution in [0.2, 0.25) is 0 Å². The highest BCUT2D eigenvalue weighted by Crippen LogP contribution is 2.40. The fourth-order valence-electron chi connectivity index (χ4n) is 2.70. The molecule has 1 aliphatic heterocycles. The van der Waals surface area contributed by atoms with Crippen molar-refractivity contribution in [1.29, 1.82) is 0 Å². The van der Waals surface area contributed by atoms with Gasteiger partial charge in [-0.3, -0.25) is 4.79 Å². The maximum absolute atomic E-state index is 12.2. The van der Waals surface area contributed by atoms with Gasteiger partial charge in [0, 0.05) is 25.6 Å². The Labute approximate surface area is 135 Å². The van der Waals surface area contributed by atoms with Crippen molar-refractivity contribution in [3.63, 3.8) is 0 Å². The van der Waals surface area contributed by atoms with Crippen LogP contribution in [0.4, 0.5) is 0 Å². The van der Waals surface area contributed by atoms with Crippen molar-refractivity contribution in [2.45, 2.75) is 68.5 Å². The number of rotatable bonds is 7. The summed E-state index contributed by atoms with van der Waals surface area (Å²) in [4.78, 5) is 12.2. The molecule has 2 atom stereocenters. The SMILES string of the molecule is CCn1c(S[C@@H](C)C(=O)NC[C@H]2CCCO2)nnc1C1CC1. The van der Waals surface area contributed by atoms with Crippen LogP contribution in [0.5, 0.6) is 0 Å². The first-order chi connectivity index (χ1) is 10.7. The highest BCUT2D eigenvalue weighted by atomic mass is 32.2. The van der Waals surface area contributed by atoms with Gasteiger partial charge >= 0.3 is 0 Å². The van der Waals surface area contributed by atoms with E-state index in [1.54, 1.807) is 0 Å². The molecule has 1 saturated carbocycles. The van der Waals surface area contributed by atoms with Crippen LogP contribution in [0.1, 0.15) is 51.3 Å². The number of nitrogens with one attached hydrogen (secondary N) is 1. The molecular weight excluding hydrogens is 300 g/mol. The second-order valence-electron chi connectivity index (χ2n) is 6.00. The first-order valence-electron chi connectivity index (χ1n) is 8.18. The van der Waals surface area contributed by atoms with Crippen molar-refractivity contribution < 1.29 is 9.53 Å². The molecule has 22 heavy (non-hydrogen) atoms. The average Bonchev–Trinajstić information content (AvgIpc) is 3.08. The predicted molar refractivity (Wildman–Crippen MR) is 85.0 cm³/mol. The molecular formula is C15H24N4O2S. The summed E-state index contributed by atoms with van der Waals surface area (Å²) in [5, 5.41) is 12.2. The van der Waals surface area contributed by atoms with Gasteiger partial charge in [0.05, 0.1) is 11.4 Å². The lowest BCUT2D eigenvalue weighted by Gasteiger charge is -2.15. The number of carbonyl (C=O) groups is 1. The van der Waals surface area contributed by atoms with Gasteiger partial charge in [-0.05, 0) is 39.5 Å². The van der Waals surface area contributed by atoms with Crippen molar-refractivity contribution in [1.82, 2.24) is 20.1 Å². The molecule has 1 aliphatic carbocycles. The van der Waals surface area contributed by atoms with Crippen LogP contribution in [-0.4, -0.2) is 45.2 Å². The van der Waals surface area contributed by atoms with Gasteiger partial charge in [-0.15, -0.1) is 10.2 Å². The van der Waals surface area contributed by atoms with Gasteiger partial charge in [-0.25, -0.2) is 0 Å². The van der Waals surface area contributed by atoms with Crippen LogP contribution in [0.15, 0.2) is 5.16 Å². The summed E-state index contributed by atoms with van der Waals surface area (Å²) in [5.74, 6) is 1.70. The zero-order valence-electron chi connectivity index (χ0n) is 13.2. The van der Waals surface area contributed by atoms with E-state index < -0.39 is 0 Å². The van der Waals surface area contributed by atoms with Crippen molar-refractivity contribution >= 4 is 17.7 Å². The van der Waals surface area contributed by atoms with Crippen LogP contribution in [-0.2, 0) is 16.1 Å². The number of carbonyl (C=O) groups excluding carboxylic acids is 1. The average molecular weight is 324 g/mol. The smallest absolute Gasteiger partial charge is 0.233 e. The van der Waals surface area contributed by atoms with Crippen molar-refractivity contribution in [2.24, 2.45) is 0 Å². The number of hydrogen-bond donors (Lipinski definition) is 1. The predicted octanol–water partition coefficient (Wildman–Crippen LogP) is 1.95. The number of amides is 1. The lowest BCUT2D eigenvalue weighted by Crippen LogP contribution is -2.36. The Hall–Kier alpha value is -1.08. The Kier molecular flexibility index (Phi) is 5.03. The summed E-state index contributed by atoms with van der Waals surface area (Å²) in [6.07, 6.45) is 4.73. The van der Waals surface area contributed by atoms with E-state index in [1.165, 1.54) is 24.6 Å². The third-order valence-electron chi connectivity index (χ3n) is 4.18. The maximum atomic E-state index is 12.2. The molecule has 0 bridgehead atoms. The molecule has 1 aromatic heterocycles. The fourth-order valence-corrected chi connectivity index (χ4v) is 3.65. The van der Waals surface area contributed by atoms with Crippen LogP contribution in [0.25, 0.3) is 0 Å². The molecule has 0 radical (unpaired) electrons. The van der Waals surface area contributed by atoms with Gasteiger partial charge in [0.25, 0.3) is 0 Å². The lowest BCUT2D eigenvalue weighted by atomic mass is 10.2. The molecule has 2 fully saturated rings. The van der Waals surface area contributed by atoms with Gasteiger partial charge < -0.3 is 14.6 Å². The molecule has 0 spiro atoms. The standard InChI is InChI=1S/C15H24N4O2S/c1-3-19-13(11-6-7-11)17-18-15(19)22-10(2)14(20)16-9-12-5-4-8-21-12/h10-12H,3-9H2,1-2H3,(H,16,20)/t10-,12+/m0/s1. The first-order valence-corrected chi connectivity index (χ1v) is 9.06. The number of nitrogens with zero attached hydrogens (tertiary/aromatic N) is 3. The van der Waals surface area contributed by atoms with E-state index in [1.807, 2.05) is 6.92 Å². The van der Waals surface area contributed by atoms with Crippen LogP contribution in [0.3, 0.4) is 0 Å². The minimum absolute atomic E-state index is 0.0409. The summed E-state index contributed by atoms with van der Waals surface area (Å²) in [6.45, 7) is 6.29. The normalized spacial score (nSPS) is 22.7. The zero-order chi connectivity index (χ0) is 15.5. The van der Waals surface area contributed by atoms with E-state index in [4.69, 9.17) is 4.74 Å². The zero-order valence-corrected chi connectivity index (χ0v) is 14.1. The molecule has 2 heterocycles. The topological polar surface area (TPSA) is 69.0 Å². The van der Waals surface area contributed by atoms with E-state index in [-0.39, 0.29) is 17.3 Å². The van der Waals surface area contributed by atoms with Gasteiger partial charge in [-0.1, -0.05) is 11.8 Å². The second kappa shape index (κ2) is 7.00. The third kappa shape index (κ3) is 3.63. The lowest BCUT2D eigenvalue weighted by molar-refractivity contribution is -0.120. The number of hydrogen-bond acceptors (Lipinski definition) is 5. The van der Waals surface area contributed by atoms with E-state index in [0.29, 0.717) is 12.5 Å². The van der Waals surface area contributed by atoms with Crippen LogP contribution in [0, 0.1) is 0 Å². The first kappa shape index (κ1) is 15.8. The minimum atomic E-state index is -0.178. The number of ether oxygens (including phenoxy) is 1.